The van der Waals surface area contributed by atoms with Crippen molar-refractivity contribution >= 4 is 29.1 Å². The summed E-state index contributed by atoms with van der Waals surface area (Å²) in [6, 6.07) is 0.167. The highest BCUT2D eigenvalue weighted by molar-refractivity contribution is 6.53. The van der Waals surface area contributed by atoms with Gasteiger partial charge in [0.25, 0.3) is 5.91 Å². The zero-order valence-corrected chi connectivity index (χ0v) is 11.8. The van der Waals surface area contributed by atoms with Crippen LogP contribution in [0.2, 0.25) is 0 Å². The highest BCUT2D eigenvalue weighted by Gasteiger charge is 2.38. The molecule has 0 aliphatic carbocycles. The van der Waals surface area contributed by atoms with E-state index in [4.69, 9.17) is 23.2 Å². The fourth-order valence-corrected chi connectivity index (χ4v) is 2.30. The Bertz CT molecular complexity index is 267. The second kappa shape index (κ2) is 5.11. The Morgan fingerprint density at radius 1 is 1.44 bits per heavy atom. The summed E-state index contributed by atoms with van der Waals surface area (Å²) >= 11 is 11.4. The van der Waals surface area contributed by atoms with Gasteiger partial charge in [0.05, 0.1) is 0 Å². The molecule has 0 spiro atoms. The van der Waals surface area contributed by atoms with Crippen LogP contribution >= 0.6 is 23.2 Å². The highest BCUT2D eigenvalue weighted by atomic mass is 35.5. The molecule has 94 valence electrons. The molecule has 1 saturated heterocycles. The zero-order chi connectivity index (χ0) is 12.5. The first kappa shape index (κ1) is 14.1. The lowest BCUT2D eigenvalue weighted by molar-refractivity contribution is -0.135. The quantitative estimate of drug-likeness (QED) is 0.776. The summed E-state index contributed by atoms with van der Waals surface area (Å²) in [4.78, 5) is 12.8. The van der Waals surface area contributed by atoms with E-state index in [0.29, 0.717) is 12.5 Å². The van der Waals surface area contributed by atoms with Crippen LogP contribution in [0.4, 0.5) is 0 Å². The monoisotopic (exact) mass is 266 g/mol. The minimum Gasteiger partial charge on any atom is -0.334 e. The zero-order valence-electron chi connectivity index (χ0n) is 10.3. The molecule has 1 amide bonds. The van der Waals surface area contributed by atoms with Crippen molar-refractivity contribution in [3.05, 3.63) is 0 Å². The van der Waals surface area contributed by atoms with Crippen LogP contribution in [-0.4, -0.2) is 40.3 Å². The van der Waals surface area contributed by atoms with Crippen LogP contribution in [0, 0.1) is 5.92 Å². The largest absolute Gasteiger partial charge is 0.334 e. The maximum atomic E-state index is 11.9. The second-order valence-electron chi connectivity index (χ2n) is 5.34. The van der Waals surface area contributed by atoms with Gasteiger partial charge in [-0.15, -0.1) is 0 Å². The molecule has 1 unspecified atom stereocenters. The van der Waals surface area contributed by atoms with Gasteiger partial charge in [-0.2, -0.15) is 0 Å². The number of carbonyl (C=O) groups excluding carboxylic acids is 1. The number of carbonyl (C=O) groups is 1. The van der Waals surface area contributed by atoms with Gasteiger partial charge in [-0.3, -0.25) is 4.79 Å². The summed E-state index contributed by atoms with van der Waals surface area (Å²) < 4.78 is 0. The predicted molar refractivity (Wildman–Crippen MR) is 67.9 cm³/mol. The summed E-state index contributed by atoms with van der Waals surface area (Å²) in [6.45, 7) is 9.77. The Kier molecular flexibility index (Phi) is 4.49. The van der Waals surface area contributed by atoms with E-state index in [1.165, 1.54) is 0 Å². The van der Waals surface area contributed by atoms with Gasteiger partial charge in [-0.25, -0.2) is 0 Å². The van der Waals surface area contributed by atoms with Crippen LogP contribution in [-0.2, 0) is 4.79 Å². The molecule has 1 rings (SSSR count). The average molecular weight is 267 g/mol. The summed E-state index contributed by atoms with van der Waals surface area (Å²) in [5, 5.41) is 3.43. The van der Waals surface area contributed by atoms with Crippen LogP contribution in [0.25, 0.3) is 0 Å². The Morgan fingerprint density at radius 2 is 2.00 bits per heavy atom. The van der Waals surface area contributed by atoms with Crippen molar-refractivity contribution in [3.8, 4) is 0 Å². The van der Waals surface area contributed by atoms with Gasteiger partial charge in [-0.05, 0) is 19.8 Å². The minimum atomic E-state index is -0.963. The molecule has 16 heavy (non-hydrogen) atoms. The lowest BCUT2D eigenvalue weighted by Crippen LogP contribution is -2.65. The topological polar surface area (TPSA) is 32.3 Å². The summed E-state index contributed by atoms with van der Waals surface area (Å²) in [5.74, 6) is 0.205. The van der Waals surface area contributed by atoms with Gasteiger partial charge in [0, 0.05) is 24.7 Å². The number of nitrogens with zero attached hydrogens (tertiary/aromatic N) is 1. The molecular formula is C11H20Cl2N2O. The number of hydrogen-bond donors (Lipinski definition) is 1. The van der Waals surface area contributed by atoms with Gasteiger partial charge < -0.3 is 10.2 Å². The lowest BCUT2D eigenvalue weighted by Gasteiger charge is -2.46. The van der Waals surface area contributed by atoms with Crippen molar-refractivity contribution in [3.63, 3.8) is 0 Å². The Morgan fingerprint density at radius 3 is 2.44 bits per heavy atom. The number of halogens is 2. The number of rotatable bonds is 2. The van der Waals surface area contributed by atoms with E-state index < -0.39 is 4.84 Å². The minimum absolute atomic E-state index is 0.0796. The van der Waals surface area contributed by atoms with E-state index in [1.54, 1.807) is 0 Å². The maximum absolute atomic E-state index is 11.9. The fraction of sp³-hybridized carbons (Fsp3) is 0.909. The molecule has 1 atom stereocenters. The number of piperazine rings is 1. The van der Waals surface area contributed by atoms with Crippen molar-refractivity contribution in [1.29, 1.82) is 0 Å². The molecule has 0 aromatic rings. The first-order chi connectivity index (χ1) is 7.24. The molecule has 1 aliphatic heterocycles. The SMILES string of the molecule is CC(C)C1CNC(C)(C)CN1C(=O)C(Cl)Cl. The van der Waals surface area contributed by atoms with E-state index in [9.17, 15) is 4.79 Å². The van der Waals surface area contributed by atoms with Crippen molar-refractivity contribution in [1.82, 2.24) is 10.2 Å². The van der Waals surface area contributed by atoms with Crippen molar-refractivity contribution in [2.45, 2.75) is 44.1 Å². The van der Waals surface area contributed by atoms with E-state index in [0.717, 1.165) is 6.54 Å². The van der Waals surface area contributed by atoms with Crippen molar-refractivity contribution < 1.29 is 4.79 Å². The Hall–Kier alpha value is 0.01000. The number of hydrogen-bond acceptors (Lipinski definition) is 2. The summed E-state index contributed by atoms with van der Waals surface area (Å²) in [6.07, 6.45) is 0. The third-order valence-corrected chi connectivity index (χ3v) is 3.37. The summed E-state index contributed by atoms with van der Waals surface area (Å²) in [7, 11) is 0. The summed E-state index contributed by atoms with van der Waals surface area (Å²) in [5.41, 5.74) is -0.0796. The molecule has 0 radical (unpaired) electrons. The maximum Gasteiger partial charge on any atom is 0.256 e. The number of alkyl halides is 2. The third-order valence-electron chi connectivity index (χ3n) is 3.00. The van der Waals surface area contributed by atoms with Crippen LogP contribution < -0.4 is 5.32 Å². The van der Waals surface area contributed by atoms with Crippen LogP contribution in [0.3, 0.4) is 0 Å². The Balaban J connectivity index is 2.84. The van der Waals surface area contributed by atoms with E-state index >= 15 is 0 Å². The third kappa shape index (κ3) is 3.25. The Labute approximate surface area is 107 Å². The van der Waals surface area contributed by atoms with Crippen LogP contribution in [0.1, 0.15) is 27.7 Å². The first-order valence-electron chi connectivity index (χ1n) is 5.58. The molecule has 0 aromatic heterocycles. The highest BCUT2D eigenvalue weighted by Crippen LogP contribution is 2.22. The standard InChI is InChI=1S/C11H20Cl2N2O/c1-7(2)8-5-14-11(3,4)6-15(8)10(16)9(12)13/h7-9,14H,5-6H2,1-4H3. The molecule has 1 N–H and O–H groups in total. The number of amides is 1. The normalized spacial score (nSPS) is 25.2. The fourth-order valence-electron chi connectivity index (χ4n) is 2.05. The second-order valence-corrected chi connectivity index (χ2v) is 6.44. The molecule has 1 aliphatic rings. The van der Waals surface area contributed by atoms with Gasteiger partial charge >= 0.3 is 0 Å². The molecule has 0 bridgehead atoms. The van der Waals surface area contributed by atoms with Gasteiger partial charge in [0.1, 0.15) is 0 Å². The molecular weight excluding hydrogens is 247 g/mol. The average Bonchev–Trinajstić information content (AvgIpc) is 2.14. The van der Waals surface area contributed by atoms with Gasteiger partial charge in [0.2, 0.25) is 0 Å². The van der Waals surface area contributed by atoms with Crippen molar-refractivity contribution in [2.24, 2.45) is 5.92 Å². The van der Waals surface area contributed by atoms with E-state index in [1.807, 2.05) is 4.90 Å². The van der Waals surface area contributed by atoms with Gasteiger partial charge in [0.15, 0.2) is 4.84 Å². The lowest BCUT2D eigenvalue weighted by atomic mass is 9.93. The first-order valence-corrected chi connectivity index (χ1v) is 6.45. The molecule has 0 aromatic carbocycles. The van der Waals surface area contributed by atoms with E-state index in [-0.39, 0.29) is 17.5 Å². The molecule has 5 heteroatoms. The predicted octanol–water partition coefficient (Wildman–Crippen LogP) is 2.03. The smallest absolute Gasteiger partial charge is 0.256 e. The van der Waals surface area contributed by atoms with Crippen LogP contribution in [0.15, 0.2) is 0 Å². The molecule has 0 saturated carbocycles. The van der Waals surface area contributed by atoms with Gasteiger partial charge in [-0.1, -0.05) is 37.0 Å². The van der Waals surface area contributed by atoms with E-state index in [2.05, 4.69) is 33.0 Å². The van der Waals surface area contributed by atoms with Crippen molar-refractivity contribution in [2.75, 3.05) is 13.1 Å². The molecule has 3 nitrogen and oxygen atoms in total. The van der Waals surface area contributed by atoms with Crippen LogP contribution in [0.5, 0.6) is 0 Å². The molecule has 1 heterocycles. The number of nitrogens with one attached hydrogen (secondary N) is 1. The molecule has 1 fully saturated rings.